The number of aliphatic hydroxyl groups excluding tert-OH is 1. The van der Waals surface area contributed by atoms with Crippen LogP contribution >= 0.6 is 0 Å². The van der Waals surface area contributed by atoms with Gasteiger partial charge in [0, 0.05) is 12.6 Å². The van der Waals surface area contributed by atoms with Gasteiger partial charge >= 0.3 is 6.09 Å². The highest BCUT2D eigenvalue weighted by molar-refractivity contribution is 5.67. The maximum absolute atomic E-state index is 11.3. The Labute approximate surface area is 107 Å². The predicted molar refractivity (Wildman–Crippen MR) is 68.9 cm³/mol. The smallest absolute Gasteiger partial charge is 0.407 e. The Morgan fingerprint density at radius 1 is 1.44 bits per heavy atom. The highest BCUT2D eigenvalue weighted by atomic mass is 16.5. The van der Waals surface area contributed by atoms with Gasteiger partial charge in [0.2, 0.25) is 0 Å². The number of rotatable bonds is 6. The summed E-state index contributed by atoms with van der Waals surface area (Å²) < 4.78 is 4.99. The highest BCUT2D eigenvalue weighted by Gasteiger charge is 2.13. The molecular weight excluding hydrogens is 232 g/mol. The molecule has 0 spiro atoms. The molecule has 1 rings (SSSR count). The minimum Gasteiger partial charge on any atom is -0.445 e. The molecule has 5 nitrogen and oxygen atoms in total. The number of amides is 1. The van der Waals surface area contributed by atoms with Gasteiger partial charge in [-0.2, -0.15) is 0 Å². The van der Waals surface area contributed by atoms with E-state index in [1.165, 1.54) is 0 Å². The standard InChI is InChI=1S/C13H20N2O3/c1-2-11(14)12(16)8-15-13(17)18-9-10-6-4-3-5-7-10/h3-7,11-12,16H,2,8-9,14H2,1H3,(H,15,17)/t11-,12+/m0/s1. The van der Waals surface area contributed by atoms with Crippen LogP contribution in [0.3, 0.4) is 0 Å². The summed E-state index contributed by atoms with van der Waals surface area (Å²) in [6.45, 7) is 2.19. The monoisotopic (exact) mass is 252 g/mol. The molecule has 0 unspecified atom stereocenters. The molecule has 0 aliphatic rings. The van der Waals surface area contributed by atoms with Crippen LogP contribution in [0.1, 0.15) is 18.9 Å². The Morgan fingerprint density at radius 3 is 2.72 bits per heavy atom. The van der Waals surface area contributed by atoms with E-state index in [0.29, 0.717) is 6.42 Å². The van der Waals surface area contributed by atoms with Gasteiger partial charge in [0.25, 0.3) is 0 Å². The second-order valence-electron chi connectivity index (χ2n) is 4.08. The lowest BCUT2D eigenvalue weighted by Crippen LogP contribution is -2.43. The summed E-state index contributed by atoms with van der Waals surface area (Å²) in [5, 5.41) is 12.0. The van der Waals surface area contributed by atoms with E-state index >= 15 is 0 Å². The van der Waals surface area contributed by atoms with Gasteiger partial charge in [-0.3, -0.25) is 0 Å². The number of ether oxygens (including phenoxy) is 1. The fourth-order valence-corrected chi connectivity index (χ4v) is 1.39. The molecule has 18 heavy (non-hydrogen) atoms. The van der Waals surface area contributed by atoms with Crippen molar-refractivity contribution in [2.24, 2.45) is 5.73 Å². The van der Waals surface area contributed by atoms with Crippen molar-refractivity contribution in [3.8, 4) is 0 Å². The third-order valence-corrected chi connectivity index (χ3v) is 2.63. The molecule has 0 heterocycles. The van der Waals surface area contributed by atoms with Crippen LogP contribution in [0.2, 0.25) is 0 Å². The Hall–Kier alpha value is -1.59. The molecule has 5 heteroatoms. The van der Waals surface area contributed by atoms with Gasteiger partial charge in [-0.05, 0) is 12.0 Å². The fraction of sp³-hybridized carbons (Fsp3) is 0.462. The molecule has 0 aromatic heterocycles. The van der Waals surface area contributed by atoms with Gasteiger partial charge in [-0.1, -0.05) is 37.3 Å². The van der Waals surface area contributed by atoms with Gasteiger partial charge in [0.1, 0.15) is 6.61 Å². The molecule has 1 amide bonds. The Kier molecular flexibility index (Phi) is 6.18. The first-order valence-corrected chi connectivity index (χ1v) is 6.01. The first kappa shape index (κ1) is 14.5. The minimum atomic E-state index is -0.751. The van der Waals surface area contributed by atoms with E-state index in [-0.39, 0.29) is 19.2 Å². The summed E-state index contributed by atoms with van der Waals surface area (Å²) >= 11 is 0. The third-order valence-electron chi connectivity index (χ3n) is 2.63. The summed E-state index contributed by atoms with van der Waals surface area (Å²) in [6, 6.07) is 9.05. The van der Waals surface area contributed by atoms with Crippen molar-refractivity contribution in [3.05, 3.63) is 35.9 Å². The first-order chi connectivity index (χ1) is 8.63. The SMILES string of the molecule is CC[C@H](N)[C@H](O)CNC(=O)OCc1ccccc1. The number of nitrogens with one attached hydrogen (secondary N) is 1. The van der Waals surface area contributed by atoms with E-state index in [9.17, 15) is 9.90 Å². The van der Waals surface area contributed by atoms with Crippen molar-refractivity contribution in [3.63, 3.8) is 0 Å². The second-order valence-corrected chi connectivity index (χ2v) is 4.08. The van der Waals surface area contributed by atoms with Crippen LogP contribution in [0.25, 0.3) is 0 Å². The summed E-state index contributed by atoms with van der Waals surface area (Å²) in [7, 11) is 0. The van der Waals surface area contributed by atoms with E-state index in [1.54, 1.807) is 0 Å². The lowest BCUT2D eigenvalue weighted by atomic mass is 10.1. The largest absolute Gasteiger partial charge is 0.445 e. The van der Waals surface area contributed by atoms with E-state index in [4.69, 9.17) is 10.5 Å². The number of hydrogen-bond donors (Lipinski definition) is 3. The summed E-state index contributed by atoms with van der Waals surface area (Å²) in [5.41, 5.74) is 6.54. The number of carbonyl (C=O) groups is 1. The van der Waals surface area contributed by atoms with Crippen molar-refractivity contribution in [2.45, 2.75) is 32.1 Å². The molecule has 100 valence electrons. The Morgan fingerprint density at radius 2 is 2.11 bits per heavy atom. The van der Waals surface area contributed by atoms with E-state index in [2.05, 4.69) is 5.32 Å². The molecule has 2 atom stereocenters. The molecule has 0 saturated heterocycles. The van der Waals surface area contributed by atoms with Crippen LogP contribution in [0, 0.1) is 0 Å². The van der Waals surface area contributed by atoms with Crippen LogP contribution in [-0.4, -0.2) is 29.9 Å². The van der Waals surface area contributed by atoms with Crippen molar-refractivity contribution >= 4 is 6.09 Å². The molecule has 0 fully saturated rings. The van der Waals surface area contributed by atoms with Crippen LogP contribution in [0.5, 0.6) is 0 Å². The predicted octanol–water partition coefficient (Wildman–Crippen LogP) is 1.01. The first-order valence-electron chi connectivity index (χ1n) is 6.01. The maximum Gasteiger partial charge on any atom is 0.407 e. The molecule has 4 N–H and O–H groups in total. The summed E-state index contributed by atoms with van der Waals surface area (Å²) in [6.07, 6.45) is -0.650. The number of benzene rings is 1. The Bertz CT molecular complexity index is 357. The molecular formula is C13H20N2O3. The fourth-order valence-electron chi connectivity index (χ4n) is 1.39. The van der Waals surface area contributed by atoms with Crippen LogP contribution in [-0.2, 0) is 11.3 Å². The lowest BCUT2D eigenvalue weighted by molar-refractivity contribution is 0.115. The normalized spacial score (nSPS) is 13.7. The number of nitrogens with two attached hydrogens (primary N) is 1. The third kappa shape index (κ3) is 5.16. The molecule has 1 aromatic rings. The zero-order valence-electron chi connectivity index (χ0n) is 10.5. The van der Waals surface area contributed by atoms with Gasteiger partial charge < -0.3 is 20.9 Å². The van der Waals surface area contributed by atoms with Crippen LogP contribution in [0.4, 0.5) is 4.79 Å². The molecule has 0 bridgehead atoms. The molecule has 1 aromatic carbocycles. The molecule has 0 aliphatic carbocycles. The molecule has 0 radical (unpaired) electrons. The number of aliphatic hydroxyl groups is 1. The average molecular weight is 252 g/mol. The Balaban J connectivity index is 2.22. The number of carbonyl (C=O) groups excluding carboxylic acids is 1. The van der Waals surface area contributed by atoms with Gasteiger partial charge in [0.15, 0.2) is 0 Å². The zero-order valence-corrected chi connectivity index (χ0v) is 10.5. The van der Waals surface area contributed by atoms with Crippen molar-refractivity contribution < 1.29 is 14.6 Å². The highest BCUT2D eigenvalue weighted by Crippen LogP contribution is 2.00. The quantitative estimate of drug-likeness (QED) is 0.705. The van der Waals surface area contributed by atoms with Crippen molar-refractivity contribution in [2.75, 3.05) is 6.54 Å². The summed E-state index contributed by atoms with van der Waals surface area (Å²) in [5.74, 6) is 0. The molecule has 0 saturated carbocycles. The van der Waals surface area contributed by atoms with Crippen LogP contribution in [0.15, 0.2) is 30.3 Å². The average Bonchev–Trinajstić information content (AvgIpc) is 2.42. The molecule has 0 aliphatic heterocycles. The van der Waals surface area contributed by atoms with Gasteiger partial charge in [0.05, 0.1) is 6.10 Å². The van der Waals surface area contributed by atoms with Crippen LogP contribution < -0.4 is 11.1 Å². The van der Waals surface area contributed by atoms with Gasteiger partial charge in [-0.25, -0.2) is 4.79 Å². The van der Waals surface area contributed by atoms with Gasteiger partial charge in [-0.15, -0.1) is 0 Å². The second kappa shape index (κ2) is 7.68. The van der Waals surface area contributed by atoms with E-state index < -0.39 is 12.2 Å². The van der Waals surface area contributed by atoms with Crippen molar-refractivity contribution in [1.82, 2.24) is 5.32 Å². The van der Waals surface area contributed by atoms with Crippen molar-refractivity contribution in [1.29, 1.82) is 0 Å². The number of alkyl carbamates (subject to hydrolysis) is 1. The van der Waals surface area contributed by atoms with E-state index in [0.717, 1.165) is 5.56 Å². The summed E-state index contributed by atoms with van der Waals surface area (Å²) in [4.78, 5) is 11.3. The van der Waals surface area contributed by atoms with E-state index in [1.807, 2.05) is 37.3 Å². The minimum absolute atomic E-state index is 0.0998. The maximum atomic E-state index is 11.3. The number of hydrogen-bond acceptors (Lipinski definition) is 4. The zero-order chi connectivity index (χ0) is 13.4. The topological polar surface area (TPSA) is 84.6 Å². The lowest BCUT2D eigenvalue weighted by Gasteiger charge is -2.17.